The third-order valence-electron chi connectivity index (χ3n) is 5.79. The molecule has 1 amide bonds. The smallest absolute Gasteiger partial charge is 0.345 e. The second kappa shape index (κ2) is 11.9. The van der Waals surface area contributed by atoms with Crippen molar-refractivity contribution in [1.29, 1.82) is 0 Å². The molecule has 0 aliphatic heterocycles. The molecule has 0 spiro atoms. The lowest BCUT2D eigenvalue weighted by molar-refractivity contribution is 0.0734. The maximum Gasteiger partial charge on any atom is 0.345 e. The Bertz CT molecular complexity index is 1770. The first-order valence-electron chi connectivity index (χ1n) is 11.5. The number of H-pyrrole nitrogens is 1. The Morgan fingerprint density at radius 2 is 1.69 bits per heavy atom. The van der Waals surface area contributed by atoms with Gasteiger partial charge in [-0.1, -0.05) is 81.6 Å². The monoisotopic (exact) mass is 731 g/mol. The predicted molar refractivity (Wildman–Crippen MR) is 167 cm³/mol. The van der Waals surface area contributed by atoms with Gasteiger partial charge in [-0.3, -0.25) is 4.79 Å². The van der Waals surface area contributed by atoms with Crippen LogP contribution in [-0.2, 0) is 0 Å². The fraction of sp³-hybridized carbons (Fsp3) is 0. The molecule has 39 heavy (non-hydrogen) atoms. The molecule has 0 radical (unpaired) electrons. The molecule has 0 aliphatic rings. The van der Waals surface area contributed by atoms with Crippen LogP contribution in [0.1, 0.15) is 26.4 Å². The van der Waals surface area contributed by atoms with Crippen LogP contribution >= 0.6 is 61.7 Å². The third-order valence-corrected chi connectivity index (χ3v) is 7.84. The van der Waals surface area contributed by atoms with Crippen molar-refractivity contribution in [2.24, 2.45) is 5.10 Å². The van der Waals surface area contributed by atoms with Gasteiger partial charge in [-0.15, -0.1) is 0 Å². The van der Waals surface area contributed by atoms with E-state index in [1.807, 2.05) is 36.4 Å². The number of carbonyl (C=O) groups excluding carboxylic acids is 2. The number of rotatable bonds is 6. The molecule has 1 heterocycles. The van der Waals surface area contributed by atoms with Crippen molar-refractivity contribution in [2.45, 2.75) is 0 Å². The number of aromatic amines is 1. The molecule has 1 aromatic heterocycles. The van der Waals surface area contributed by atoms with Gasteiger partial charge in [0.1, 0.15) is 11.4 Å². The van der Waals surface area contributed by atoms with E-state index in [4.69, 9.17) is 27.9 Å². The van der Waals surface area contributed by atoms with Gasteiger partial charge in [0.2, 0.25) is 0 Å². The van der Waals surface area contributed by atoms with E-state index in [9.17, 15) is 9.59 Å². The molecule has 0 atom stereocenters. The lowest BCUT2D eigenvalue weighted by atomic mass is 10.0. The standard InChI is InChI=1S/C29H17BrCl2IN3O3/c30-17-12-13-24(39-29(38)19-7-2-4-10-22(19)32)16(14-17)15-34-36-28(37)27-25(18-6-1-3-9-21(18)31)20-8-5-11-23(33)26(20)35-27/h1-15,35H,(H,36,37). The maximum absolute atomic E-state index is 13.4. The zero-order chi connectivity index (χ0) is 27.5. The minimum absolute atomic E-state index is 0.235. The number of hydrogen-bond donors (Lipinski definition) is 2. The zero-order valence-electron chi connectivity index (χ0n) is 19.8. The number of hydrogen-bond acceptors (Lipinski definition) is 4. The van der Waals surface area contributed by atoms with Gasteiger partial charge in [0.25, 0.3) is 5.91 Å². The minimum atomic E-state index is -0.612. The van der Waals surface area contributed by atoms with E-state index in [-0.39, 0.29) is 16.3 Å². The van der Waals surface area contributed by atoms with Gasteiger partial charge in [-0.2, -0.15) is 5.10 Å². The number of amides is 1. The molecular formula is C29H17BrCl2IN3O3. The topological polar surface area (TPSA) is 83.5 Å². The van der Waals surface area contributed by atoms with Crippen LogP contribution in [-0.4, -0.2) is 23.1 Å². The van der Waals surface area contributed by atoms with Crippen molar-refractivity contribution in [1.82, 2.24) is 10.4 Å². The molecule has 0 fully saturated rings. The molecule has 194 valence electrons. The van der Waals surface area contributed by atoms with E-state index < -0.39 is 11.9 Å². The average molecular weight is 733 g/mol. The second-order valence-corrected chi connectivity index (χ2v) is 11.2. The van der Waals surface area contributed by atoms with Crippen molar-refractivity contribution < 1.29 is 14.3 Å². The first kappa shape index (κ1) is 27.4. The minimum Gasteiger partial charge on any atom is -0.422 e. The number of esters is 1. The molecule has 0 saturated heterocycles. The number of para-hydroxylation sites is 1. The van der Waals surface area contributed by atoms with Gasteiger partial charge in [-0.05, 0) is 65.1 Å². The van der Waals surface area contributed by atoms with Gasteiger partial charge >= 0.3 is 5.97 Å². The number of aromatic nitrogens is 1. The molecular weight excluding hydrogens is 716 g/mol. The number of carbonyl (C=O) groups is 2. The van der Waals surface area contributed by atoms with Crippen molar-refractivity contribution in [3.63, 3.8) is 0 Å². The highest BCUT2D eigenvalue weighted by Crippen LogP contribution is 2.38. The highest BCUT2D eigenvalue weighted by Gasteiger charge is 2.22. The van der Waals surface area contributed by atoms with Crippen LogP contribution in [0.5, 0.6) is 5.75 Å². The van der Waals surface area contributed by atoms with Crippen molar-refractivity contribution in [3.05, 3.63) is 120 Å². The Morgan fingerprint density at radius 3 is 2.46 bits per heavy atom. The number of ether oxygens (including phenoxy) is 1. The Hall–Kier alpha value is -3.18. The molecule has 2 N–H and O–H groups in total. The number of benzene rings is 4. The van der Waals surface area contributed by atoms with Crippen LogP contribution in [0.4, 0.5) is 0 Å². The summed E-state index contributed by atoms with van der Waals surface area (Å²) in [5, 5.41) is 5.82. The summed E-state index contributed by atoms with van der Waals surface area (Å²) in [7, 11) is 0. The normalized spacial score (nSPS) is 11.2. The lowest BCUT2D eigenvalue weighted by Gasteiger charge is -2.09. The lowest BCUT2D eigenvalue weighted by Crippen LogP contribution is -2.19. The van der Waals surface area contributed by atoms with Gasteiger partial charge in [0.15, 0.2) is 0 Å². The number of nitrogens with one attached hydrogen (secondary N) is 2. The van der Waals surface area contributed by atoms with E-state index in [0.717, 1.165) is 24.5 Å². The number of halogens is 4. The molecule has 0 aliphatic carbocycles. The second-order valence-electron chi connectivity index (χ2n) is 8.27. The van der Waals surface area contributed by atoms with E-state index in [1.54, 1.807) is 48.5 Å². The first-order chi connectivity index (χ1) is 18.8. The fourth-order valence-corrected chi connectivity index (χ4v) is 5.46. The summed E-state index contributed by atoms with van der Waals surface area (Å²) < 4.78 is 7.28. The quantitative estimate of drug-likeness (QED) is 0.0604. The summed E-state index contributed by atoms with van der Waals surface area (Å²) in [6.07, 6.45) is 1.40. The third kappa shape index (κ3) is 5.89. The Kier molecular flexibility index (Phi) is 8.37. The van der Waals surface area contributed by atoms with Crippen molar-refractivity contribution in [2.75, 3.05) is 0 Å². The number of hydrazone groups is 1. The summed E-state index contributed by atoms with van der Waals surface area (Å²) in [5.74, 6) is -0.825. The summed E-state index contributed by atoms with van der Waals surface area (Å²) in [6, 6.07) is 24.8. The highest BCUT2D eigenvalue weighted by molar-refractivity contribution is 14.1. The molecule has 5 rings (SSSR count). The Labute approximate surface area is 255 Å². The summed E-state index contributed by atoms with van der Waals surface area (Å²) >= 11 is 18.3. The van der Waals surface area contributed by atoms with Crippen molar-refractivity contribution in [3.8, 4) is 16.9 Å². The van der Waals surface area contributed by atoms with Gasteiger partial charge in [0, 0.05) is 35.1 Å². The van der Waals surface area contributed by atoms with Crippen LogP contribution in [0.25, 0.3) is 22.0 Å². The predicted octanol–water partition coefficient (Wildman–Crippen LogP) is 8.49. The molecule has 0 saturated carbocycles. The van der Waals surface area contributed by atoms with Crippen LogP contribution in [0.15, 0.2) is 94.5 Å². The van der Waals surface area contributed by atoms with E-state index in [2.05, 4.69) is 54.0 Å². The SMILES string of the molecule is O=C(Oc1ccc(Br)cc1C=NNC(=O)c1[nH]c2c(I)cccc2c1-c1ccccc1Cl)c1ccccc1Cl. The van der Waals surface area contributed by atoms with Gasteiger partial charge in [0.05, 0.1) is 22.3 Å². The van der Waals surface area contributed by atoms with Crippen LogP contribution in [0, 0.1) is 3.57 Å². The fourth-order valence-electron chi connectivity index (χ4n) is 4.01. The Morgan fingerprint density at radius 1 is 0.949 bits per heavy atom. The number of nitrogens with zero attached hydrogens (tertiary/aromatic N) is 1. The van der Waals surface area contributed by atoms with Crippen LogP contribution < -0.4 is 10.2 Å². The molecule has 6 nitrogen and oxygen atoms in total. The van der Waals surface area contributed by atoms with Gasteiger partial charge in [-0.25, -0.2) is 10.2 Å². The summed E-state index contributed by atoms with van der Waals surface area (Å²) in [4.78, 5) is 29.3. The van der Waals surface area contributed by atoms with E-state index in [0.29, 0.717) is 21.8 Å². The number of fused-ring (bicyclic) bond motifs is 1. The Balaban J connectivity index is 1.44. The van der Waals surface area contributed by atoms with E-state index >= 15 is 0 Å². The van der Waals surface area contributed by atoms with Crippen LogP contribution in [0.2, 0.25) is 10.0 Å². The average Bonchev–Trinajstić information content (AvgIpc) is 3.31. The molecule has 5 aromatic rings. The van der Waals surface area contributed by atoms with Gasteiger partial charge < -0.3 is 9.72 Å². The maximum atomic E-state index is 13.4. The molecule has 0 bridgehead atoms. The molecule has 0 unspecified atom stereocenters. The van der Waals surface area contributed by atoms with Crippen molar-refractivity contribution >= 4 is 90.7 Å². The van der Waals surface area contributed by atoms with E-state index in [1.165, 1.54) is 6.21 Å². The first-order valence-corrected chi connectivity index (χ1v) is 14.1. The molecule has 10 heteroatoms. The summed E-state index contributed by atoms with van der Waals surface area (Å²) in [6.45, 7) is 0. The zero-order valence-corrected chi connectivity index (χ0v) is 25.1. The highest BCUT2D eigenvalue weighted by atomic mass is 127. The molecule has 4 aromatic carbocycles. The van der Waals surface area contributed by atoms with Crippen LogP contribution in [0.3, 0.4) is 0 Å². The summed E-state index contributed by atoms with van der Waals surface area (Å²) in [5.41, 5.74) is 5.82. The largest absolute Gasteiger partial charge is 0.422 e.